The Morgan fingerprint density at radius 1 is 1.37 bits per heavy atom. The number of nitrogens with one attached hydrogen (secondary N) is 1. The van der Waals surface area contributed by atoms with Crippen molar-refractivity contribution in [1.29, 1.82) is 5.26 Å². The zero-order valence-electron chi connectivity index (χ0n) is 10.4. The Bertz CT molecular complexity index is 516. The average Bonchev–Trinajstić information content (AvgIpc) is 2.41. The number of nitriles is 1. The summed E-state index contributed by atoms with van der Waals surface area (Å²) in [5, 5.41) is 32.3. The third-order valence-electron chi connectivity index (χ3n) is 3.38. The van der Waals surface area contributed by atoms with E-state index in [0.717, 1.165) is 12.8 Å². The van der Waals surface area contributed by atoms with Crippen LogP contribution in [0.25, 0.3) is 0 Å². The first-order chi connectivity index (χ1) is 9.10. The van der Waals surface area contributed by atoms with E-state index < -0.39 is 4.92 Å². The maximum Gasteiger partial charge on any atom is 0.293 e. The molecule has 0 heterocycles. The van der Waals surface area contributed by atoms with Gasteiger partial charge >= 0.3 is 0 Å². The Balaban J connectivity index is 2.16. The smallest absolute Gasteiger partial charge is 0.293 e. The normalized spacial score (nSPS) is 22.5. The molecule has 100 valence electrons. The fourth-order valence-electron chi connectivity index (χ4n) is 2.31. The molecular weight excluding hydrogens is 246 g/mol. The molecule has 0 radical (unpaired) electrons. The van der Waals surface area contributed by atoms with E-state index in [0.29, 0.717) is 18.5 Å². The van der Waals surface area contributed by atoms with Crippen molar-refractivity contribution in [1.82, 2.24) is 0 Å². The highest BCUT2D eigenvalue weighted by molar-refractivity contribution is 5.64. The van der Waals surface area contributed by atoms with E-state index in [1.54, 1.807) is 12.1 Å². The Kier molecular flexibility index (Phi) is 3.97. The van der Waals surface area contributed by atoms with Crippen LogP contribution >= 0.6 is 0 Å². The van der Waals surface area contributed by atoms with Gasteiger partial charge < -0.3 is 10.4 Å². The van der Waals surface area contributed by atoms with Crippen molar-refractivity contribution in [3.05, 3.63) is 33.9 Å². The van der Waals surface area contributed by atoms with Gasteiger partial charge in [0.05, 0.1) is 22.7 Å². The van der Waals surface area contributed by atoms with Crippen LogP contribution in [0.1, 0.15) is 31.2 Å². The molecule has 6 heteroatoms. The molecule has 1 aliphatic carbocycles. The average molecular weight is 261 g/mol. The summed E-state index contributed by atoms with van der Waals surface area (Å²) in [5.41, 5.74) is 0.631. The zero-order chi connectivity index (χ0) is 13.8. The summed E-state index contributed by atoms with van der Waals surface area (Å²) in [7, 11) is 0. The lowest BCUT2D eigenvalue weighted by Gasteiger charge is -2.26. The number of hydrogen-bond donors (Lipinski definition) is 2. The van der Waals surface area contributed by atoms with Crippen LogP contribution in [0.2, 0.25) is 0 Å². The predicted molar refractivity (Wildman–Crippen MR) is 69.7 cm³/mol. The van der Waals surface area contributed by atoms with Gasteiger partial charge in [0.1, 0.15) is 5.69 Å². The van der Waals surface area contributed by atoms with Gasteiger partial charge in [-0.25, -0.2) is 0 Å². The van der Waals surface area contributed by atoms with E-state index in [-0.39, 0.29) is 23.4 Å². The number of nitro benzene ring substituents is 1. The van der Waals surface area contributed by atoms with Crippen LogP contribution in [0.4, 0.5) is 11.4 Å². The van der Waals surface area contributed by atoms with Crippen molar-refractivity contribution >= 4 is 11.4 Å². The molecule has 1 fully saturated rings. The van der Waals surface area contributed by atoms with Gasteiger partial charge in [-0.05, 0) is 37.8 Å². The maximum absolute atomic E-state index is 11.0. The van der Waals surface area contributed by atoms with E-state index in [1.165, 1.54) is 6.07 Å². The van der Waals surface area contributed by atoms with E-state index in [2.05, 4.69) is 5.32 Å². The molecule has 1 aromatic rings. The Morgan fingerprint density at radius 2 is 2.05 bits per heavy atom. The van der Waals surface area contributed by atoms with Crippen molar-refractivity contribution in [2.45, 2.75) is 37.8 Å². The Morgan fingerprint density at radius 3 is 2.63 bits per heavy atom. The van der Waals surface area contributed by atoms with Crippen LogP contribution in [0, 0.1) is 21.4 Å². The third-order valence-corrected chi connectivity index (χ3v) is 3.38. The van der Waals surface area contributed by atoms with Crippen molar-refractivity contribution in [3.63, 3.8) is 0 Å². The molecule has 1 aliphatic rings. The second kappa shape index (κ2) is 5.67. The zero-order valence-corrected chi connectivity index (χ0v) is 10.4. The van der Waals surface area contributed by atoms with Gasteiger partial charge in [-0.2, -0.15) is 5.26 Å². The molecule has 0 atom stereocenters. The van der Waals surface area contributed by atoms with Crippen molar-refractivity contribution in [2.24, 2.45) is 0 Å². The lowest BCUT2D eigenvalue weighted by Crippen LogP contribution is -2.28. The molecular formula is C13H15N3O3. The molecule has 1 saturated carbocycles. The fraction of sp³-hybridized carbons (Fsp3) is 0.462. The number of hydrogen-bond acceptors (Lipinski definition) is 5. The largest absolute Gasteiger partial charge is 0.393 e. The SMILES string of the molecule is N#Cc1ccc(N[C@H]2CC[C@H](O)CC2)c([N+](=O)[O-])c1. The summed E-state index contributed by atoms with van der Waals surface area (Å²) >= 11 is 0. The first-order valence-corrected chi connectivity index (χ1v) is 6.23. The summed E-state index contributed by atoms with van der Waals surface area (Å²) in [6.45, 7) is 0. The van der Waals surface area contributed by atoms with Crippen molar-refractivity contribution in [2.75, 3.05) is 5.32 Å². The van der Waals surface area contributed by atoms with Gasteiger partial charge in [-0.1, -0.05) is 0 Å². The predicted octanol–water partition coefficient (Wildman–Crippen LogP) is 2.18. The van der Waals surface area contributed by atoms with Crippen LogP contribution in [0.15, 0.2) is 18.2 Å². The first-order valence-electron chi connectivity index (χ1n) is 6.23. The summed E-state index contributed by atoms with van der Waals surface area (Å²) in [6, 6.07) is 6.44. The van der Waals surface area contributed by atoms with E-state index in [1.807, 2.05) is 6.07 Å². The van der Waals surface area contributed by atoms with Gasteiger partial charge in [-0.15, -0.1) is 0 Å². The summed E-state index contributed by atoms with van der Waals surface area (Å²) < 4.78 is 0. The summed E-state index contributed by atoms with van der Waals surface area (Å²) in [6.07, 6.45) is 2.74. The van der Waals surface area contributed by atoms with E-state index in [9.17, 15) is 15.2 Å². The van der Waals surface area contributed by atoms with Gasteiger partial charge in [-0.3, -0.25) is 10.1 Å². The molecule has 0 unspecified atom stereocenters. The Hall–Kier alpha value is -2.13. The molecule has 19 heavy (non-hydrogen) atoms. The van der Waals surface area contributed by atoms with Gasteiger partial charge in [0.2, 0.25) is 0 Å². The number of nitro groups is 1. The van der Waals surface area contributed by atoms with Crippen LogP contribution in [-0.4, -0.2) is 22.2 Å². The molecule has 0 bridgehead atoms. The molecule has 0 saturated heterocycles. The molecule has 0 spiro atoms. The lowest BCUT2D eigenvalue weighted by molar-refractivity contribution is -0.384. The molecule has 1 aromatic carbocycles. The minimum absolute atomic E-state index is 0.0785. The van der Waals surface area contributed by atoms with Crippen LogP contribution in [0.3, 0.4) is 0 Å². The lowest BCUT2D eigenvalue weighted by atomic mass is 9.93. The summed E-state index contributed by atoms with van der Waals surface area (Å²) in [4.78, 5) is 10.5. The molecule has 0 aliphatic heterocycles. The number of aliphatic hydroxyl groups excluding tert-OH is 1. The van der Waals surface area contributed by atoms with Crippen LogP contribution in [0.5, 0.6) is 0 Å². The third kappa shape index (κ3) is 3.20. The number of nitrogens with zero attached hydrogens (tertiary/aromatic N) is 2. The molecule has 0 aromatic heterocycles. The standard InChI is InChI=1S/C13H15N3O3/c14-8-9-1-6-12(13(7-9)16(18)19)15-10-2-4-11(17)5-3-10/h1,6-7,10-11,15,17H,2-5H2/t10-,11-. The second-order valence-corrected chi connectivity index (χ2v) is 4.75. The van der Waals surface area contributed by atoms with E-state index >= 15 is 0 Å². The van der Waals surface area contributed by atoms with Crippen molar-refractivity contribution in [3.8, 4) is 6.07 Å². The quantitative estimate of drug-likeness (QED) is 0.641. The minimum atomic E-state index is -0.485. The monoisotopic (exact) mass is 261 g/mol. The van der Waals surface area contributed by atoms with Gasteiger partial charge in [0.25, 0.3) is 5.69 Å². The number of anilines is 1. The van der Waals surface area contributed by atoms with E-state index in [4.69, 9.17) is 5.26 Å². The minimum Gasteiger partial charge on any atom is -0.393 e. The molecule has 6 nitrogen and oxygen atoms in total. The first kappa shape index (κ1) is 13.3. The fourth-order valence-corrected chi connectivity index (χ4v) is 2.31. The Labute approximate surface area is 110 Å². The highest BCUT2D eigenvalue weighted by Crippen LogP contribution is 2.29. The van der Waals surface area contributed by atoms with Crippen LogP contribution < -0.4 is 5.32 Å². The number of aliphatic hydroxyl groups is 1. The van der Waals surface area contributed by atoms with Gasteiger partial charge in [0, 0.05) is 12.1 Å². The second-order valence-electron chi connectivity index (χ2n) is 4.75. The van der Waals surface area contributed by atoms with Gasteiger partial charge in [0.15, 0.2) is 0 Å². The highest BCUT2D eigenvalue weighted by Gasteiger charge is 2.22. The molecule has 2 N–H and O–H groups in total. The van der Waals surface area contributed by atoms with Crippen molar-refractivity contribution < 1.29 is 10.0 Å². The topological polar surface area (TPSA) is 99.2 Å². The molecule has 2 rings (SSSR count). The highest BCUT2D eigenvalue weighted by atomic mass is 16.6. The number of rotatable bonds is 3. The van der Waals surface area contributed by atoms with Crippen LogP contribution in [-0.2, 0) is 0 Å². The maximum atomic E-state index is 11.0. The molecule has 0 amide bonds. The summed E-state index contributed by atoms with van der Waals surface area (Å²) in [5.74, 6) is 0. The number of benzene rings is 1.